The summed E-state index contributed by atoms with van der Waals surface area (Å²) >= 11 is 1.51. The Hall–Kier alpha value is -3.12. The number of hydrogen-bond donors (Lipinski definition) is 2. The minimum Gasteiger partial charge on any atom is -0.378 e. The van der Waals surface area contributed by atoms with Crippen LogP contribution in [-0.4, -0.2) is 90.7 Å². The predicted molar refractivity (Wildman–Crippen MR) is 182 cm³/mol. The van der Waals surface area contributed by atoms with Crippen molar-refractivity contribution >= 4 is 29.1 Å². The van der Waals surface area contributed by atoms with Gasteiger partial charge in [0.05, 0.1) is 49.2 Å². The highest BCUT2D eigenvalue weighted by molar-refractivity contribution is 7.09. The van der Waals surface area contributed by atoms with E-state index in [-0.39, 0.29) is 42.8 Å². The number of likely N-dealkylation sites (tertiary alicyclic amines) is 1. The van der Waals surface area contributed by atoms with Crippen LogP contribution >= 0.6 is 11.3 Å². The van der Waals surface area contributed by atoms with Gasteiger partial charge in [0.25, 0.3) is 0 Å². The molecule has 0 radical (unpaired) electrons. The normalized spacial score (nSPS) is 18.0. The summed E-state index contributed by atoms with van der Waals surface area (Å²) in [5.74, 6) is -0.968. The van der Waals surface area contributed by atoms with Crippen molar-refractivity contribution in [2.45, 2.75) is 96.1 Å². The second-order valence-corrected chi connectivity index (χ2v) is 12.9. The maximum atomic E-state index is 14.0. The van der Waals surface area contributed by atoms with E-state index < -0.39 is 24.2 Å². The van der Waals surface area contributed by atoms with Crippen LogP contribution in [0.1, 0.15) is 75.9 Å². The number of amides is 3. The number of thiazole rings is 1. The van der Waals surface area contributed by atoms with E-state index >= 15 is 0 Å². The molecule has 0 aliphatic carbocycles. The average molecular weight is 656 g/mol. The van der Waals surface area contributed by atoms with Crippen molar-refractivity contribution in [2.75, 3.05) is 33.9 Å². The average Bonchev–Trinajstić information content (AvgIpc) is 3.79. The van der Waals surface area contributed by atoms with E-state index in [1.807, 2.05) is 54.5 Å². The van der Waals surface area contributed by atoms with E-state index in [1.165, 1.54) is 11.3 Å². The van der Waals surface area contributed by atoms with Crippen molar-refractivity contribution in [3.8, 4) is 0 Å². The van der Waals surface area contributed by atoms with E-state index in [0.717, 1.165) is 41.8 Å². The fourth-order valence-corrected chi connectivity index (χ4v) is 7.11. The van der Waals surface area contributed by atoms with Gasteiger partial charge in [0.15, 0.2) is 0 Å². The standard InChI is InChI=1S/C35H53N5O5S/c1-7-9-18-40(31(42)23-36)32(24(3)8-2)29(44-5)22-30(41)39-19-13-16-28(39)33(45-6)25(4)34(43)38-27(35-37-17-20-46-35)21-26-14-11-10-12-15-26/h10-12,14-15,17,20,25,27-29,32-33H,3,7-9,13,16,18-19,21-23,36H2,1-2,4-6H3,(H,38,43)/t25-,27+,28+,29-,32+,33-/m1/s1. The number of ether oxygens (including phenoxy) is 2. The SMILES string of the molecule is C=C(CC)[C@@H]([C@@H](CC(=O)N1CCC[C@H]1[C@H](OC)[C@@H](C)C(=O)N[C@@H](Cc1ccccc1)c1nccs1)OC)N(CCCC)C(=O)CN. The molecular formula is C35H53N5O5S. The number of aromatic nitrogens is 1. The number of nitrogens with zero attached hydrogens (tertiary/aromatic N) is 3. The largest absolute Gasteiger partial charge is 0.378 e. The fraction of sp³-hybridized carbons (Fsp3) is 0.600. The Kier molecular flexibility index (Phi) is 15.3. The van der Waals surface area contributed by atoms with Crippen LogP contribution in [0.5, 0.6) is 0 Å². The van der Waals surface area contributed by atoms with Gasteiger partial charge in [-0.25, -0.2) is 4.98 Å². The van der Waals surface area contributed by atoms with Gasteiger partial charge in [-0.2, -0.15) is 0 Å². The van der Waals surface area contributed by atoms with Crippen molar-refractivity contribution in [1.82, 2.24) is 20.1 Å². The number of carbonyl (C=O) groups is 3. The third kappa shape index (κ3) is 9.70. The Morgan fingerprint density at radius 2 is 1.93 bits per heavy atom. The molecule has 0 saturated carbocycles. The summed E-state index contributed by atoms with van der Waals surface area (Å²) in [6.45, 7) is 11.1. The highest BCUT2D eigenvalue weighted by Gasteiger charge is 2.42. The molecule has 10 nitrogen and oxygen atoms in total. The molecule has 0 spiro atoms. The van der Waals surface area contributed by atoms with Crippen molar-refractivity contribution < 1.29 is 23.9 Å². The Labute approximate surface area is 278 Å². The van der Waals surface area contributed by atoms with E-state index in [9.17, 15) is 14.4 Å². The summed E-state index contributed by atoms with van der Waals surface area (Å²) in [5, 5.41) is 5.97. The van der Waals surface area contributed by atoms with E-state index in [4.69, 9.17) is 15.2 Å². The van der Waals surface area contributed by atoms with Crippen LogP contribution in [-0.2, 0) is 30.3 Å². The first kappa shape index (κ1) is 37.3. The molecule has 0 unspecified atom stereocenters. The van der Waals surface area contributed by atoms with Crippen LogP contribution in [0.4, 0.5) is 0 Å². The lowest BCUT2D eigenvalue weighted by atomic mass is 9.93. The van der Waals surface area contributed by atoms with Gasteiger partial charge in [0.1, 0.15) is 5.01 Å². The maximum absolute atomic E-state index is 14.0. The van der Waals surface area contributed by atoms with E-state index in [1.54, 1.807) is 25.3 Å². The number of unbranched alkanes of at least 4 members (excludes halogenated alkanes) is 1. The molecule has 11 heteroatoms. The van der Waals surface area contributed by atoms with Crippen molar-refractivity contribution in [1.29, 1.82) is 0 Å². The second-order valence-electron chi connectivity index (χ2n) is 12.0. The molecular weight excluding hydrogens is 602 g/mol. The number of methoxy groups -OCH3 is 2. The lowest BCUT2D eigenvalue weighted by Gasteiger charge is -2.39. The molecule has 0 bridgehead atoms. The molecule has 3 N–H and O–H groups in total. The quantitative estimate of drug-likeness (QED) is 0.213. The van der Waals surface area contributed by atoms with Gasteiger partial charge in [-0.1, -0.05) is 69.7 Å². The third-order valence-corrected chi connectivity index (χ3v) is 9.90. The summed E-state index contributed by atoms with van der Waals surface area (Å²) < 4.78 is 11.9. The summed E-state index contributed by atoms with van der Waals surface area (Å²) in [4.78, 5) is 48.8. The van der Waals surface area contributed by atoms with Crippen LogP contribution in [0, 0.1) is 5.92 Å². The molecule has 1 saturated heterocycles. The predicted octanol–water partition coefficient (Wildman–Crippen LogP) is 4.51. The van der Waals surface area contributed by atoms with Gasteiger partial charge in [0.2, 0.25) is 17.7 Å². The Bertz CT molecular complexity index is 1240. The topological polar surface area (TPSA) is 127 Å². The van der Waals surface area contributed by atoms with E-state index in [0.29, 0.717) is 25.9 Å². The Balaban J connectivity index is 1.77. The molecule has 6 atom stereocenters. The number of rotatable bonds is 19. The molecule has 1 aromatic carbocycles. The van der Waals surface area contributed by atoms with Gasteiger partial charge in [-0.3, -0.25) is 14.4 Å². The number of nitrogens with two attached hydrogens (primary N) is 1. The van der Waals surface area contributed by atoms with Gasteiger partial charge in [-0.05, 0) is 37.7 Å². The van der Waals surface area contributed by atoms with Crippen molar-refractivity contribution in [2.24, 2.45) is 11.7 Å². The fourth-order valence-electron chi connectivity index (χ4n) is 6.42. The minimum absolute atomic E-state index is 0.0668. The van der Waals surface area contributed by atoms with Gasteiger partial charge < -0.3 is 30.3 Å². The second kappa shape index (κ2) is 18.9. The van der Waals surface area contributed by atoms with Crippen LogP contribution in [0.25, 0.3) is 0 Å². The molecule has 1 aliphatic heterocycles. The molecule has 1 aliphatic rings. The summed E-state index contributed by atoms with van der Waals surface area (Å²) in [6.07, 6.45) is 5.20. The van der Waals surface area contributed by atoms with Crippen molar-refractivity contribution in [3.63, 3.8) is 0 Å². The molecule has 2 heterocycles. The van der Waals surface area contributed by atoms with E-state index in [2.05, 4.69) is 23.8 Å². The van der Waals surface area contributed by atoms with Crippen LogP contribution in [0.3, 0.4) is 0 Å². The van der Waals surface area contributed by atoms with Crippen molar-refractivity contribution in [3.05, 3.63) is 64.6 Å². The number of hydrogen-bond acceptors (Lipinski definition) is 8. The highest BCUT2D eigenvalue weighted by atomic mass is 32.1. The highest BCUT2D eigenvalue weighted by Crippen LogP contribution is 2.30. The van der Waals surface area contributed by atoms with Gasteiger partial charge >= 0.3 is 0 Å². The third-order valence-electron chi connectivity index (χ3n) is 9.01. The maximum Gasteiger partial charge on any atom is 0.236 e. The first-order valence-electron chi connectivity index (χ1n) is 16.5. The molecule has 1 aromatic heterocycles. The van der Waals surface area contributed by atoms with Crippen LogP contribution in [0.15, 0.2) is 54.1 Å². The first-order valence-corrected chi connectivity index (χ1v) is 17.3. The van der Waals surface area contributed by atoms with Gasteiger partial charge in [-0.15, -0.1) is 11.3 Å². The molecule has 3 amide bonds. The number of nitrogens with one attached hydrogen (secondary N) is 1. The zero-order chi connectivity index (χ0) is 33.6. The summed E-state index contributed by atoms with van der Waals surface area (Å²) in [6, 6.07) is 8.98. The lowest BCUT2D eigenvalue weighted by Crippen LogP contribution is -2.54. The zero-order valence-electron chi connectivity index (χ0n) is 28.2. The summed E-state index contributed by atoms with van der Waals surface area (Å²) in [7, 11) is 3.17. The zero-order valence-corrected chi connectivity index (χ0v) is 29.0. The molecule has 1 fully saturated rings. The Morgan fingerprint density at radius 1 is 1.20 bits per heavy atom. The molecule has 2 aromatic rings. The van der Waals surface area contributed by atoms with Gasteiger partial charge in [0, 0.05) is 38.9 Å². The molecule has 3 rings (SSSR count). The molecule has 254 valence electrons. The monoisotopic (exact) mass is 655 g/mol. The lowest BCUT2D eigenvalue weighted by molar-refractivity contribution is -0.144. The minimum atomic E-state index is -0.590. The first-order chi connectivity index (χ1) is 22.2. The smallest absolute Gasteiger partial charge is 0.236 e. The van der Waals surface area contributed by atoms with Crippen LogP contribution in [0.2, 0.25) is 0 Å². The number of benzene rings is 1. The molecule has 46 heavy (non-hydrogen) atoms. The van der Waals surface area contributed by atoms with Crippen LogP contribution < -0.4 is 11.1 Å². The Morgan fingerprint density at radius 3 is 2.52 bits per heavy atom. The number of carbonyl (C=O) groups excluding carboxylic acids is 3. The summed E-state index contributed by atoms with van der Waals surface area (Å²) in [5.41, 5.74) is 7.72.